The van der Waals surface area contributed by atoms with Crippen LogP contribution in [-0.4, -0.2) is 24.0 Å². The van der Waals surface area contributed by atoms with Gasteiger partial charge in [-0.1, -0.05) is 11.3 Å². The summed E-state index contributed by atoms with van der Waals surface area (Å²) in [7, 11) is 0. The number of aromatic nitrogens is 1. The van der Waals surface area contributed by atoms with E-state index in [-0.39, 0.29) is 17.6 Å². The zero-order chi connectivity index (χ0) is 19.2. The third-order valence-corrected chi connectivity index (χ3v) is 5.42. The van der Waals surface area contributed by atoms with Gasteiger partial charge in [0.05, 0.1) is 21.7 Å². The molecule has 1 N–H and O–H groups in total. The lowest BCUT2D eigenvalue weighted by atomic mass is 10.00. The molecule has 0 aliphatic carbocycles. The van der Waals surface area contributed by atoms with Gasteiger partial charge in [0.25, 0.3) is 0 Å². The molecule has 2 heterocycles. The molecule has 0 spiro atoms. The van der Waals surface area contributed by atoms with Crippen LogP contribution in [0.4, 0.5) is 28.4 Å². The number of carbonyl (C=O) groups excluding carboxylic acids is 1. The second-order valence-electron chi connectivity index (χ2n) is 6.27. The summed E-state index contributed by atoms with van der Waals surface area (Å²) in [6.45, 7) is 0.906. The maximum absolute atomic E-state index is 13.3. The second kappa shape index (κ2) is 6.49. The number of alkyl halides is 3. The molecule has 1 aliphatic heterocycles. The zero-order valence-corrected chi connectivity index (χ0v) is 14.6. The molecule has 1 aromatic heterocycles. The van der Waals surface area contributed by atoms with Crippen molar-refractivity contribution in [2.24, 2.45) is 5.92 Å². The normalized spacial score (nSPS) is 15.0. The quantitative estimate of drug-likeness (QED) is 0.663. The molecule has 1 aliphatic rings. The minimum absolute atomic E-state index is 0.252. The molecule has 27 heavy (non-hydrogen) atoms. The number of anilines is 2. The Balaban J connectivity index is 1.36. The van der Waals surface area contributed by atoms with E-state index in [1.54, 1.807) is 6.07 Å². The number of thiazole rings is 1. The molecule has 3 aromatic rings. The molecule has 1 amide bonds. The van der Waals surface area contributed by atoms with Crippen LogP contribution in [0.2, 0.25) is 0 Å². The van der Waals surface area contributed by atoms with Crippen LogP contribution < -0.4 is 10.2 Å². The molecule has 0 saturated carbocycles. The summed E-state index contributed by atoms with van der Waals surface area (Å²) in [5.74, 6) is -0.857. The van der Waals surface area contributed by atoms with Crippen LogP contribution in [0.25, 0.3) is 10.2 Å². The second-order valence-corrected chi connectivity index (χ2v) is 7.28. The summed E-state index contributed by atoms with van der Waals surface area (Å²) < 4.78 is 51.7. The summed E-state index contributed by atoms with van der Waals surface area (Å²) >= 11 is 1.35. The third-order valence-electron chi connectivity index (χ3n) is 4.34. The van der Waals surface area contributed by atoms with Crippen molar-refractivity contribution in [3.05, 3.63) is 53.8 Å². The highest BCUT2D eigenvalue weighted by atomic mass is 32.1. The van der Waals surface area contributed by atoms with E-state index in [1.807, 2.05) is 4.90 Å². The van der Waals surface area contributed by atoms with Gasteiger partial charge in [-0.25, -0.2) is 9.37 Å². The van der Waals surface area contributed by atoms with Crippen molar-refractivity contribution in [1.29, 1.82) is 0 Å². The van der Waals surface area contributed by atoms with Crippen LogP contribution in [0.5, 0.6) is 0 Å². The molecule has 0 unspecified atom stereocenters. The van der Waals surface area contributed by atoms with Crippen molar-refractivity contribution in [3.8, 4) is 0 Å². The summed E-state index contributed by atoms with van der Waals surface area (Å²) in [5.41, 5.74) is 0.263. The first-order valence-corrected chi connectivity index (χ1v) is 8.90. The fourth-order valence-corrected chi connectivity index (χ4v) is 3.82. The average molecular weight is 395 g/mol. The van der Waals surface area contributed by atoms with Gasteiger partial charge in [0.1, 0.15) is 5.82 Å². The molecule has 140 valence electrons. The molecule has 2 aromatic carbocycles. The minimum Gasteiger partial charge on any atom is -0.346 e. The van der Waals surface area contributed by atoms with Crippen LogP contribution in [-0.2, 0) is 11.0 Å². The number of hydrogen-bond donors (Lipinski definition) is 1. The molecule has 0 radical (unpaired) electrons. The third kappa shape index (κ3) is 3.59. The Labute approximate surface area is 155 Å². The van der Waals surface area contributed by atoms with E-state index < -0.39 is 11.7 Å². The van der Waals surface area contributed by atoms with E-state index in [1.165, 1.54) is 35.6 Å². The largest absolute Gasteiger partial charge is 0.416 e. The Morgan fingerprint density at radius 1 is 1.15 bits per heavy atom. The van der Waals surface area contributed by atoms with Crippen LogP contribution in [0, 0.1) is 11.7 Å². The Morgan fingerprint density at radius 3 is 2.52 bits per heavy atom. The van der Waals surface area contributed by atoms with Crippen molar-refractivity contribution >= 4 is 38.3 Å². The van der Waals surface area contributed by atoms with Crippen molar-refractivity contribution in [1.82, 2.24) is 4.98 Å². The average Bonchev–Trinajstić information content (AvgIpc) is 2.95. The van der Waals surface area contributed by atoms with Gasteiger partial charge in [-0.3, -0.25) is 4.79 Å². The standard InChI is InChI=1S/C18H13F4N3OS/c19-12-3-6-14-15(7-12)27-17(24-14)25-8-10(9-25)16(26)23-13-4-1-11(2-5-13)18(20,21)22/h1-7,10H,8-9H2,(H,23,26). The summed E-state index contributed by atoms with van der Waals surface area (Å²) in [6.07, 6.45) is -4.41. The van der Waals surface area contributed by atoms with Gasteiger partial charge in [0.2, 0.25) is 5.91 Å². The lowest BCUT2D eigenvalue weighted by Gasteiger charge is -2.37. The Hall–Kier alpha value is -2.68. The molecular formula is C18H13F4N3OS. The van der Waals surface area contributed by atoms with Crippen molar-refractivity contribution in [2.45, 2.75) is 6.18 Å². The Bertz CT molecular complexity index is 994. The first-order valence-electron chi connectivity index (χ1n) is 8.09. The highest BCUT2D eigenvalue weighted by Gasteiger charge is 2.35. The van der Waals surface area contributed by atoms with Crippen LogP contribution in [0.15, 0.2) is 42.5 Å². The number of carbonyl (C=O) groups is 1. The number of nitrogens with zero attached hydrogens (tertiary/aromatic N) is 2. The first-order chi connectivity index (χ1) is 12.8. The predicted molar refractivity (Wildman–Crippen MR) is 95.4 cm³/mol. The molecule has 4 rings (SSSR count). The monoisotopic (exact) mass is 395 g/mol. The highest BCUT2D eigenvalue weighted by Crippen LogP contribution is 2.34. The number of nitrogens with one attached hydrogen (secondary N) is 1. The Kier molecular flexibility index (Phi) is 4.26. The van der Waals surface area contributed by atoms with Gasteiger partial charge >= 0.3 is 6.18 Å². The minimum atomic E-state index is -4.41. The van der Waals surface area contributed by atoms with Gasteiger partial charge in [0.15, 0.2) is 5.13 Å². The van der Waals surface area contributed by atoms with E-state index in [4.69, 9.17) is 0 Å². The lowest BCUT2D eigenvalue weighted by molar-refractivity contribution is -0.137. The number of halogens is 4. The fourth-order valence-electron chi connectivity index (χ4n) is 2.81. The van der Waals surface area contributed by atoms with Crippen molar-refractivity contribution in [2.75, 3.05) is 23.3 Å². The highest BCUT2D eigenvalue weighted by molar-refractivity contribution is 7.22. The molecular weight excluding hydrogens is 382 g/mol. The maximum Gasteiger partial charge on any atom is 0.416 e. The summed E-state index contributed by atoms with van der Waals surface area (Å²) in [5, 5.41) is 3.35. The molecule has 4 nitrogen and oxygen atoms in total. The van der Waals surface area contributed by atoms with E-state index in [0.29, 0.717) is 29.4 Å². The number of benzene rings is 2. The molecule has 1 saturated heterocycles. The summed E-state index contributed by atoms with van der Waals surface area (Å²) in [4.78, 5) is 18.6. The van der Waals surface area contributed by atoms with E-state index in [9.17, 15) is 22.4 Å². The van der Waals surface area contributed by atoms with Gasteiger partial charge < -0.3 is 10.2 Å². The van der Waals surface area contributed by atoms with Crippen LogP contribution in [0.1, 0.15) is 5.56 Å². The van der Waals surface area contributed by atoms with Crippen LogP contribution in [0.3, 0.4) is 0 Å². The molecule has 0 bridgehead atoms. The van der Waals surface area contributed by atoms with E-state index in [0.717, 1.165) is 16.8 Å². The van der Waals surface area contributed by atoms with Crippen molar-refractivity contribution < 1.29 is 22.4 Å². The number of hydrogen-bond acceptors (Lipinski definition) is 4. The van der Waals surface area contributed by atoms with Crippen molar-refractivity contribution in [3.63, 3.8) is 0 Å². The molecule has 1 fully saturated rings. The lowest BCUT2D eigenvalue weighted by Crippen LogP contribution is -2.52. The molecule has 0 atom stereocenters. The van der Waals surface area contributed by atoms with E-state index in [2.05, 4.69) is 10.3 Å². The van der Waals surface area contributed by atoms with Crippen LogP contribution >= 0.6 is 11.3 Å². The fraction of sp³-hybridized carbons (Fsp3) is 0.222. The topological polar surface area (TPSA) is 45.2 Å². The van der Waals surface area contributed by atoms with Gasteiger partial charge in [-0.05, 0) is 42.5 Å². The summed E-state index contributed by atoms with van der Waals surface area (Å²) in [6, 6.07) is 8.72. The number of fused-ring (bicyclic) bond motifs is 1. The van der Waals surface area contributed by atoms with Gasteiger partial charge in [-0.2, -0.15) is 13.2 Å². The predicted octanol–water partition coefficient (Wildman–Crippen LogP) is 4.53. The smallest absolute Gasteiger partial charge is 0.346 e. The molecule has 9 heteroatoms. The zero-order valence-electron chi connectivity index (χ0n) is 13.8. The first kappa shape index (κ1) is 17.7. The van der Waals surface area contributed by atoms with E-state index >= 15 is 0 Å². The van der Waals surface area contributed by atoms with Gasteiger partial charge in [0, 0.05) is 18.8 Å². The SMILES string of the molecule is O=C(Nc1ccc(C(F)(F)F)cc1)C1CN(c2nc3ccc(F)cc3s2)C1. The Morgan fingerprint density at radius 2 is 1.85 bits per heavy atom. The van der Waals surface area contributed by atoms with Gasteiger partial charge in [-0.15, -0.1) is 0 Å². The number of amides is 1. The maximum atomic E-state index is 13.3. The number of rotatable bonds is 3.